The van der Waals surface area contributed by atoms with E-state index in [2.05, 4.69) is 41.2 Å². The summed E-state index contributed by atoms with van der Waals surface area (Å²) >= 11 is 7.64. The minimum absolute atomic E-state index is 0.151. The molecule has 26 heavy (non-hydrogen) atoms. The minimum Gasteiger partial charge on any atom is -0.480 e. The molecule has 4 rings (SSSR count). The monoisotopic (exact) mass is 387 g/mol. The van der Waals surface area contributed by atoms with Gasteiger partial charge in [0.2, 0.25) is 5.28 Å². The fourth-order valence-corrected chi connectivity index (χ4v) is 4.67. The summed E-state index contributed by atoms with van der Waals surface area (Å²) in [5.41, 5.74) is 3.38. The summed E-state index contributed by atoms with van der Waals surface area (Å²) in [6.07, 6.45) is 2.43. The van der Waals surface area contributed by atoms with E-state index < -0.39 is 12.0 Å². The number of rotatable bonds is 4. The van der Waals surface area contributed by atoms with E-state index in [0.717, 1.165) is 34.2 Å². The molecule has 1 aliphatic heterocycles. The summed E-state index contributed by atoms with van der Waals surface area (Å²) in [6.45, 7) is 2.78. The normalized spacial score (nSPS) is 17.2. The first-order valence-electron chi connectivity index (χ1n) is 8.62. The Morgan fingerprint density at radius 2 is 2.12 bits per heavy atom. The van der Waals surface area contributed by atoms with Crippen LogP contribution in [0.3, 0.4) is 0 Å². The van der Waals surface area contributed by atoms with Crippen molar-refractivity contribution in [2.75, 3.05) is 11.4 Å². The van der Waals surface area contributed by atoms with Crippen molar-refractivity contribution < 1.29 is 9.90 Å². The van der Waals surface area contributed by atoms with Gasteiger partial charge in [-0.05, 0) is 42.0 Å². The molecule has 1 aromatic carbocycles. The fourth-order valence-electron chi connectivity index (χ4n) is 3.52. The van der Waals surface area contributed by atoms with Crippen molar-refractivity contribution in [3.63, 3.8) is 0 Å². The van der Waals surface area contributed by atoms with Gasteiger partial charge in [0.15, 0.2) is 0 Å². The van der Waals surface area contributed by atoms with E-state index >= 15 is 0 Å². The molecule has 1 fully saturated rings. The number of aromatic nitrogens is 2. The number of fused-ring (bicyclic) bond motifs is 1. The highest BCUT2D eigenvalue weighted by Crippen LogP contribution is 2.40. The maximum absolute atomic E-state index is 11.7. The SMILES string of the molecule is CCc1ccc(-c2csc3nc(Cl)nc(N4CCCC4C(=O)O)c23)cc1. The van der Waals surface area contributed by atoms with E-state index in [1.165, 1.54) is 16.9 Å². The summed E-state index contributed by atoms with van der Waals surface area (Å²) in [6, 6.07) is 7.85. The summed E-state index contributed by atoms with van der Waals surface area (Å²) < 4.78 is 0. The second-order valence-corrected chi connectivity index (χ2v) is 7.58. The standard InChI is InChI=1S/C19H18ClN3O2S/c1-2-11-5-7-12(8-6-11)13-10-26-17-15(13)16(21-19(20)22-17)23-9-3-4-14(23)18(24)25/h5-8,10,14H,2-4,9H2,1H3,(H,24,25). The molecule has 2 aromatic heterocycles. The zero-order valence-corrected chi connectivity index (χ0v) is 15.8. The second-order valence-electron chi connectivity index (χ2n) is 6.39. The first-order chi connectivity index (χ1) is 12.6. The molecule has 3 aromatic rings. The van der Waals surface area contributed by atoms with Gasteiger partial charge in [-0.2, -0.15) is 4.98 Å². The van der Waals surface area contributed by atoms with Crippen LogP contribution in [0.15, 0.2) is 29.6 Å². The van der Waals surface area contributed by atoms with Gasteiger partial charge in [-0.1, -0.05) is 31.2 Å². The Kier molecular flexibility index (Phi) is 4.54. The van der Waals surface area contributed by atoms with Crippen LogP contribution in [0.25, 0.3) is 21.3 Å². The lowest BCUT2D eigenvalue weighted by Gasteiger charge is -2.23. The largest absolute Gasteiger partial charge is 0.480 e. The number of hydrogen-bond donors (Lipinski definition) is 1. The lowest BCUT2D eigenvalue weighted by atomic mass is 10.0. The zero-order valence-electron chi connectivity index (χ0n) is 14.3. The number of carbonyl (C=O) groups is 1. The maximum atomic E-state index is 11.7. The van der Waals surface area contributed by atoms with Crippen LogP contribution in [0.2, 0.25) is 5.28 Å². The molecule has 0 amide bonds. The van der Waals surface area contributed by atoms with Gasteiger partial charge in [0.05, 0.1) is 5.39 Å². The molecular weight excluding hydrogens is 370 g/mol. The van der Waals surface area contributed by atoms with E-state index in [4.69, 9.17) is 11.6 Å². The molecule has 1 aliphatic rings. The van der Waals surface area contributed by atoms with Crippen LogP contribution in [-0.4, -0.2) is 33.6 Å². The molecule has 0 bridgehead atoms. The third-order valence-electron chi connectivity index (χ3n) is 4.87. The Morgan fingerprint density at radius 3 is 2.81 bits per heavy atom. The molecule has 0 spiro atoms. The maximum Gasteiger partial charge on any atom is 0.326 e. The van der Waals surface area contributed by atoms with Crippen molar-refractivity contribution in [3.8, 4) is 11.1 Å². The van der Waals surface area contributed by atoms with Crippen molar-refractivity contribution in [2.24, 2.45) is 0 Å². The predicted molar refractivity (Wildman–Crippen MR) is 105 cm³/mol. The summed E-state index contributed by atoms with van der Waals surface area (Å²) in [7, 11) is 0. The van der Waals surface area contributed by atoms with Crippen LogP contribution < -0.4 is 4.90 Å². The molecule has 5 nitrogen and oxygen atoms in total. The van der Waals surface area contributed by atoms with Gasteiger partial charge in [0, 0.05) is 17.5 Å². The molecule has 0 radical (unpaired) electrons. The summed E-state index contributed by atoms with van der Waals surface area (Å²) in [4.78, 5) is 23.1. The zero-order chi connectivity index (χ0) is 18.3. The quantitative estimate of drug-likeness (QED) is 0.661. The second kappa shape index (κ2) is 6.85. The third kappa shape index (κ3) is 2.93. The number of aliphatic carboxylic acids is 1. The van der Waals surface area contributed by atoms with Crippen LogP contribution in [0, 0.1) is 0 Å². The Balaban J connectivity index is 1.89. The molecular formula is C19H18ClN3O2S. The molecule has 3 heterocycles. The molecule has 7 heteroatoms. The molecule has 1 unspecified atom stereocenters. The Bertz CT molecular complexity index is 971. The van der Waals surface area contributed by atoms with Crippen LogP contribution in [0.5, 0.6) is 0 Å². The number of carboxylic acid groups (broad SMARTS) is 1. The van der Waals surface area contributed by atoms with Crippen LogP contribution >= 0.6 is 22.9 Å². The van der Waals surface area contributed by atoms with E-state index in [0.29, 0.717) is 18.8 Å². The molecule has 134 valence electrons. The molecule has 0 saturated carbocycles. The number of hydrogen-bond acceptors (Lipinski definition) is 5. The van der Waals surface area contributed by atoms with Gasteiger partial charge in [-0.15, -0.1) is 11.3 Å². The number of anilines is 1. The van der Waals surface area contributed by atoms with Crippen molar-refractivity contribution in [1.29, 1.82) is 0 Å². The highest BCUT2D eigenvalue weighted by Gasteiger charge is 2.33. The molecule has 1 N–H and O–H groups in total. The van der Waals surface area contributed by atoms with E-state index in [1.807, 2.05) is 10.3 Å². The van der Waals surface area contributed by atoms with E-state index in [1.54, 1.807) is 0 Å². The predicted octanol–water partition coefficient (Wildman–Crippen LogP) is 4.63. The molecule has 1 saturated heterocycles. The fraction of sp³-hybridized carbons (Fsp3) is 0.316. The van der Waals surface area contributed by atoms with Crippen molar-refractivity contribution in [3.05, 3.63) is 40.5 Å². The van der Waals surface area contributed by atoms with Crippen LogP contribution in [0.4, 0.5) is 5.82 Å². The minimum atomic E-state index is -0.825. The van der Waals surface area contributed by atoms with Crippen molar-refractivity contribution >= 4 is 44.9 Å². The number of thiophene rings is 1. The topological polar surface area (TPSA) is 66.3 Å². The first-order valence-corrected chi connectivity index (χ1v) is 9.87. The first kappa shape index (κ1) is 17.2. The van der Waals surface area contributed by atoms with Crippen LogP contribution in [-0.2, 0) is 11.2 Å². The summed E-state index contributed by atoms with van der Waals surface area (Å²) in [5, 5.41) is 12.7. The Morgan fingerprint density at radius 1 is 1.35 bits per heavy atom. The smallest absolute Gasteiger partial charge is 0.326 e. The number of benzene rings is 1. The lowest BCUT2D eigenvalue weighted by Crippen LogP contribution is -2.36. The Labute approximate surface area is 160 Å². The van der Waals surface area contributed by atoms with Gasteiger partial charge in [0.1, 0.15) is 16.7 Å². The van der Waals surface area contributed by atoms with Gasteiger partial charge in [0.25, 0.3) is 0 Å². The van der Waals surface area contributed by atoms with Crippen molar-refractivity contribution in [2.45, 2.75) is 32.2 Å². The average molecular weight is 388 g/mol. The van der Waals surface area contributed by atoms with Gasteiger partial charge < -0.3 is 10.0 Å². The summed E-state index contributed by atoms with van der Waals surface area (Å²) in [5.74, 6) is -0.199. The third-order valence-corrected chi connectivity index (χ3v) is 5.91. The number of aryl methyl sites for hydroxylation is 1. The number of carboxylic acids is 1. The highest BCUT2D eigenvalue weighted by molar-refractivity contribution is 7.17. The Hall–Kier alpha value is -2.18. The lowest BCUT2D eigenvalue weighted by molar-refractivity contribution is -0.138. The van der Waals surface area contributed by atoms with E-state index in [9.17, 15) is 9.90 Å². The van der Waals surface area contributed by atoms with E-state index in [-0.39, 0.29) is 5.28 Å². The highest BCUT2D eigenvalue weighted by atomic mass is 35.5. The molecule has 1 atom stereocenters. The van der Waals surface area contributed by atoms with Crippen molar-refractivity contribution in [1.82, 2.24) is 9.97 Å². The average Bonchev–Trinajstić information content (AvgIpc) is 3.28. The molecule has 0 aliphatic carbocycles. The number of halogens is 1. The number of nitrogens with zero attached hydrogens (tertiary/aromatic N) is 3. The van der Waals surface area contributed by atoms with Gasteiger partial charge in [-0.3, -0.25) is 0 Å². The van der Waals surface area contributed by atoms with Crippen LogP contribution in [0.1, 0.15) is 25.3 Å². The van der Waals surface area contributed by atoms with Gasteiger partial charge in [-0.25, -0.2) is 9.78 Å². The van der Waals surface area contributed by atoms with Gasteiger partial charge >= 0.3 is 5.97 Å².